The maximum atomic E-state index is 12.1. The number of hydrogen-bond acceptors (Lipinski definition) is 3. The van der Waals surface area contributed by atoms with Crippen LogP contribution in [-0.2, 0) is 0 Å². The van der Waals surface area contributed by atoms with Gasteiger partial charge in [0.25, 0.3) is 0 Å². The summed E-state index contributed by atoms with van der Waals surface area (Å²) >= 11 is 0. The van der Waals surface area contributed by atoms with Crippen molar-refractivity contribution in [1.82, 2.24) is 4.90 Å². The van der Waals surface area contributed by atoms with E-state index in [0.717, 1.165) is 17.0 Å². The Hall–Kier alpha value is -1.44. The SMILES string of the molecule is CN(CCCN=C(N)Nc1ccc(OC(F)(F)F)cc1)CC(F)(F)F.I. The standard InChI is InChI=1S/C14H18F6N4O.HI/c1-24(9-13(15,16)17)8-2-7-22-12(21)23-10-3-5-11(6-4-10)25-14(18,19)20;/h3-6H,2,7-9H2,1H3,(H3,21,22,23);1H. The fourth-order valence-corrected chi connectivity index (χ4v) is 1.85. The topological polar surface area (TPSA) is 62.9 Å². The number of rotatable bonds is 7. The van der Waals surface area contributed by atoms with Crippen molar-refractivity contribution in [3.63, 3.8) is 0 Å². The molecule has 0 heterocycles. The molecule has 0 aliphatic rings. The molecule has 0 bridgehead atoms. The van der Waals surface area contributed by atoms with E-state index >= 15 is 0 Å². The molecule has 1 aromatic carbocycles. The van der Waals surface area contributed by atoms with Crippen molar-refractivity contribution in [3.05, 3.63) is 24.3 Å². The van der Waals surface area contributed by atoms with Crippen LogP contribution in [0.4, 0.5) is 32.0 Å². The highest BCUT2D eigenvalue weighted by Gasteiger charge is 2.31. The minimum atomic E-state index is -4.77. The molecule has 0 saturated heterocycles. The molecule has 3 N–H and O–H groups in total. The fourth-order valence-electron chi connectivity index (χ4n) is 1.85. The number of aliphatic imine (C=N–C) groups is 1. The van der Waals surface area contributed by atoms with Gasteiger partial charge in [0.05, 0.1) is 6.54 Å². The Labute approximate surface area is 163 Å². The quantitative estimate of drug-likeness (QED) is 0.197. The Morgan fingerprint density at radius 2 is 1.73 bits per heavy atom. The van der Waals surface area contributed by atoms with E-state index in [4.69, 9.17) is 5.73 Å². The Bertz CT molecular complexity index is 562. The lowest BCUT2D eigenvalue weighted by Gasteiger charge is -2.17. The minimum Gasteiger partial charge on any atom is -0.406 e. The number of ether oxygens (including phenoxy) is 1. The zero-order valence-electron chi connectivity index (χ0n) is 13.7. The highest BCUT2D eigenvalue weighted by molar-refractivity contribution is 14.0. The average Bonchev–Trinajstić information content (AvgIpc) is 2.42. The van der Waals surface area contributed by atoms with Gasteiger partial charge in [0.1, 0.15) is 5.75 Å². The molecule has 0 spiro atoms. The zero-order valence-corrected chi connectivity index (χ0v) is 16.0. The largest absolute Gasteiger partial charge is 0.573 e. The van der Waals surface area contributed by atoms with Gasteiger partial charge in [0, 0.05) is 12.2 Å². The summed E-state index contributed by atoms with van der Waals surface area (Å²) in [6.07, 6.45) is -8.65. The van der Waals surface area contributed by atoms with E-state index in [2.05, 4.69) is 15.0 Å². The molecule has 0 aliphatic carbocycles. The Balaban J connectivity index is 0.00000625. The number of nitrogens with zero attached hydrogens (tertiary/aromatic N) is 2. The molecule has 26 heavy (non-hydrogen) atoms. The third-order valence-corrected chi connectivity index (χ3v) is 2.79. The monoisotopic (exact) mass is 500 g/mol. The molecule has 0 fully saturated rings. The van der Waals surface area contributed by atoms with Crippen molar-refractivity contribution in [3.8, 4) is 5.75 Å². The van der Waals surface area contributed by atoms with Gasteiger partial charge in [-0.1, -0.05) is 0 Å². The summed E-state index contributed by atoms with van der Waals surface area (Å²) in [5, 5.41) is 2.66. The first-order valence-corrected chi connectivity index (χ1v) is 7.13. The molecular formula is C14H19F6IN4O. The first kappa shape index (κ1) is 24.6. The summed E-state index contributed by atoms with van der Waals surface area (Å²) in [4.78, 5) is 5.06. The van der Waals surface area contributed by atoms with Crippen molar-refractivity contribution < 1.29 is 31.1 Å². The van der Waals surface area contributed by atoms with Crippen LogP contribution in [0.2, 0.25) is 0 Å². The van der Waals surface area contributed by atoms with Crippen LogP contribution in [0.1, 0.15) is 6.42 Å². The first-order valence-electron chi connectivity index (χ1n) is 7.13. The lowest BCUT2D eigenvalue weighted by Crippen LogP contribution is -2.32. The maximum Gasteiger partial charge on any atom is 0.573 e. The Kier molecular flexibility index (Phi) is 10.1. The summed E-state index contributed by atoms with van der Waals surface area (Å²) in [6.45, 7) is -0.604. The van der Waals surface area contributed by atoms with E-state index in [-0.39, 0.29) is 48.8 Å². The smallest absolute Gasteiger partial charge is 0.406 e. The summed E-state index contributed by atoms with van der Waals surface area (Å²) < 4.78 is 76.2. The average molecular weight is 500 g/mol. The van der Waals surface area contributed by atoms with E-state index in [1.807, 2.05) is 0 Å². The molecule has 0 saturated carbocycles. The molecule has 1 aromatic rings. The number of halogens is 7. The van der Waals surface area contributed by atoms with Gasteiger partial charge in [-0.3, -0.25) is 9.89 Å². The fraction of sp³-hybridized carbons (Fsp3) is 0.500. The maximum absolute atomic E-state index is 12.1. The normalized spacial score (nSPS) is 12.7. The summed E-state index contributed by atoms with van der Waals surface area (Å²) in [5.41, 5.74) is 5.99. The first-order chi connectivity index (χ1) is 11.4. The molecule has 0 aromatic heterocycles. The van der Waals surface area contributed by atoms with Crippen LogP contribution < -0.4 is 15.8 Å². The third-order valence-electron chi connectivity index (χ3n) is 2.79. The molecule has 0 amide bonds. The zero-order chi connectivity index (χ0) is 19.1. The molecule has 5 nitrogen and oxygen atoms in total. The number of alkyl halides is 6. The molecule has 150 valence electrons. The number of hydrogen-bond donors (Lipinski definition) is 2. The highest BCUT2D eigenvalue weighted by atomic mass is 127. The molecule has 0 radical (unpaired) electrons. The van der Waals surface area contributed by atoms with Crippen molar-refractivity contribution in [2.75, 3.05) is 32.0 Å². The van der Waals surface area contributed by atoms with Crippen LogP contribution >= 0.6 is 24.0 Å². The van der Waals surface area contributed by atoms with Crippen LogP contribution in [0.15, 0.2) is 29.3 Å². The van der Waals surface area contributed by atoms with Crippen molar-refractivity contribution in [1.29, 1.82) is 0 Å². The summed E-state index contributed by atoms with van der Waals surface area (Å²) in [7, 11) is 1.35. The van der Waals surface area contributed by atoms with Crippen LogP contribution in [0, 0.1) is 0 Å². The lowest BCUT2D eigenvalue weighted by molar-refractivity contribution is -0.274. The number of nitrogens with two attached hydrogens (primary N) is 1. The van der Waals surface area contributed by atoms with Crippen LogP contribution in [-0.4, -0.2) is 50.1 Å². The molecule has 0 aliphatic heterocycles. The number of anilines is 1. The van der Waals surface area contributed by atoms with Gasteiger partial charge in [-0.25, -0.2) is 0 Å². The highest BCUT2D eigenvalue weighted by Crippen LogP contribution is 2.23. The van der Waals surface area contributed by atoms with E-state index in [1.54, 1.807) is 0 Å². The summed E-state index contributed by atoms with van der Waals surface area (Å²) in [6, 6.07) is 4.85. The predicted octanol–water partition coefficient (Wildman–Crippen LogP) is 3.81. The molecule has 12 heteroatoms. The van der Waals surface area contributed by atoms with E-state index in [1.165, 1.54) is 19.2 Å². The van der Waals surface area contributed by atoms with Crippen molar-refractivity contribution in [2.24, 2.45) is 10.7 Å². The molecule has 0 atom stereocenters. The van der Waals surface area contributed by atoms with E-state index in [0.29, 0.717) is 12.1 Å². The van der Waals surface area contributed by atoms with Crippen molar-refractivity contribution >= 4 is 35.6 Å². The van der Waals surface area contributed by atoms with Gasteiger partial charge in [-0.2, -0.15) is 13.2 Å². The Morgan fingerprint density at radius 1 is 1.15 bits per heavy atom. The van der Waals surface area contributed by atoms with Crippen LogP contribution in [0.3, 0.4) is 0 Å². The van der Waals surface area contributed by atoms with Gasteiger partial charge in [-0.05, 0) is 44.3 Å². The second-order valence-electron chi connectivity index (χ2n) is 5.17. The Morgan fingerprint density at radius 3 is 2.23 bits per heavy atom. The van der Waals surface area contributed by atoms with Crippen molar-refractivity contribution in [2.45, 2.75) is 19.0 Å². The van der Waals surface area contributed by atoms with Gasteiger partial charge in [0.15, 0.2) is 5.96 Å². The van der Waals surface area contributed by atoms with E-state index in [9.17, 15) is 26.3 Å². The van der Waals surface area contributed by atoms with Gasteiger partial charge < -0.3 is 15.8 Å². The summed E-state index contributed by atoms with van der Waals surface area (Å²) in [5.74, 6) is -0.371. The predicted molar refractivity (Wildman–Crippen MR) is 96.8 cm³/mol. The third kappa shape index (κ3) is 12.0. The number of nitrogens with one attached hydrogen (secondary N) is 1. The van der Waals surface area contributed by atoms with Crippen LogP contribution in [0.5, 0.6) is 5.75 Å². The molecule has 1 rings (SSSR count). The second-order valence-corrected chi connectivity index (χ2v) is 5.17. The van der Waals surface area contributed by atoms with Crippen LogP contribution in [0.25, 0.3) is 0 Å². The molecule has 0 unspecified atom stereocenters. The lowest BCUT2D eigenvalue weighted by atomic mass is 10.3. The van der Waals surface area contributed by atoms with E-state index < -0.39 is 19.1 Å². The van der Waals surface area contributed by atoms with Gasteiger partial charge in [-0.15, -0.1) is 37.1 Å². The van der Waals surface area contributed by atoms with Gasteiger partial charge in [0.2, 0.25) is 0 Å². The minimum absolute atomic E-state index is 0. The molecular weight excluding hydrogens is 481 g/mol. The van der Waals surface area contributed by atoms with Gasteiger partial charge >= 0.3 is 12.5 Å². The number of guanidine groups is 1. The number of benzene rings is 1. The second kappa shape index (κ2) is 10.6.